The molecule has 0 saturated carbocycles. The summed E-state index contributed by atoms with van der Waals surface area (Å²) in [6.07, 6.45) is 0. The number of esters is 1. The topological polar surface area (TPSA) is 266 Å². The predicted octanol–water partition coefficient (Wildman–Crippen LogP) is 0.540. The molecule has 0 spiro atoms. The number of nitrogens with zero attached hydrogens (tertiary/aromatic N) is 4. The van der Waals surface area contributed by atoms with Gasteiger partial charge in [0.1, 0.15) is 23.3 Å². The Kier molecular flexibility index (Phi) is 11.0. The molecule has 19 nitrogen and oxygen atoms in total. The molecule has 2 aromatic rings. The summed E-state index contributed by atoms with van der Waals surface area (Å²) >= 11 is 6.75. The highest BCUT2D eigenvalue weighted by Gasteiger charge is 2.54. The van der Waals surface area contributed by atoms with Gasteiger partial charge in [0, 0.05) is 32.5 Å². The SMILES string of the molecule is CC(=O)NCC1C(NC(=O)C(=NOC(C)(C)C(=O)OCc2ccc([N+](=O)[O-])cc2)c2nc(Cl)sc2NC(C)=O)C(=O)N1S(=O)(=O)O. The summed E-state index contributed by atoms with van der Waals surface area (Å²) < 4.78 is 38.0. The van der Waals surface area contributed by atoms with Crippen LogP contribution in [0.1, 0.15) is 39.0 Å². The third-order valence-corrected chi connectivity index (χ3v) is 7.99. The summed E-state index contributed by atoms with van der Waals surface area (Å²) in [5, 5.41) is 21.4. The molecule has 1 fully saturated rings. The Hall–Kier alpha value is -4.73. The third-order valence-electron chi connectivity index (χ3n) is 5.97. The number of β-lactam (4-membered cyclic amide) rings is 1. The fourth-order valence-corrected chi connectivity index (χ4v) is 5.68. The van der Waals surface area contributed by atoms with Crippen molar-refractivity contribution in [2.75, 3.05) is 11.9 Å². The number of nitrogens with one attached hydrogen (secondary N) is 3. The van der Waals surface area contributed by atoms with Gasteiger partial charge in [-0.15, -0.1) is 0 Å². The lowest BCUT2D eigenvalue weighted by Crippen LogP contribution is -2.74. The lowest BCUT2D eigenvalue weighted by Gasteiger charge is -2.44. The number of thiazole rings is 1. The minimum Gasteiger partial charge on any atom is -0.458 e. The quantitative estimate of drug-likeness (QED) is 0.0555. The number of halogens is 1. The highest BCUT2D eigenvalue weighted by Crippen LogP contribution is 2.30. The number of hydrogen-bond donors (Lipinski definition) is 4. The first-order valence-electron chi connectivity index (χ1n) is 12.8. The van der Waals surface area contributed by atoms with Gasteiger partial charge in [-0.3, -0.25) is 33.8 Å². The Morgan fingerprint density at radius 2 is 1.83 bits per heavy atom. The number of amides is 4. The summed E-state index contributed by atoms with van der Waals surface area (Å²) in [5.41, 5.74) is -2.72. The first-order valence-corrected chi connectivity index (χ1v) is 15.4. The van der Waals surface area contributed by atoms with Gasteiger partial charge in [-0.05, 0) is 31.5 Å². The Morgan fingerprint density at radius 3 is 2.37 bits per heavy atom. The molecule has 22 heteroatoms. The number of hydrogen-bond acceptors (Lipinski definition) is 14. The van der Waals surface area contributed by atoms with Crippen LogP contribution < -0.4 is 16.0 Å². The third kappa shape index (κ3) is 8.71. The van der Waals surface area contributed by atoms with Crippen LogP contribution in [0.15, 0.2) is 29.4 Å². The number of non-ortho nitro benzene ring substituents is 1. The van der Waals surface area contributed by atoms with Crippen LogP contribution in [-0.2, 0) is 50.5 Å². The van der Waals surface area contributed by atoms with Crippen LogP contribution in [0.2, 0.25) is 4.47 Å². The second kappa shape index (κ2) is 14.1. The highest BCUT2D eigenvalue weighted by molar-refractivity contribution is 7.84. The Morgan fingerprint density at radius 1 is 1.20 bits per heavy atom. The number of aromatic nitrogens is 1. The Bertz CT molecular complexity index is 1710. The molecule has 1 aliphatic heterocycles. The summed E-state index contributed by atoms with van der Waals surface area (Å²) in [5.74, 6) is -4.65. The van der Waals surface area contributed by atoms with Crippen molar-refractivity contribution in [2.45, 2.75) is 52.0 Å². The van der Waals surface area contributed by atoms with Gasteiger partial charge < -0.3 is 25.5 Å². The van der Waals surface area contributed by atoms with E-state index in [9.17, 15) is 47.1 Å². The number of benzene rings is 1. The summed E-state index contributed by atoms with van der Waals surface area (Å²) in [6, 6.07) is 2.13. The molecule has 2 heterocycles. The number of nitro groups is 1. The normalized spacial score (nSPS) is 16.6. The molecule has 1 saturated heterocycles. The Labute approximate surface area is 269 Å². The number of anilines is 1. The van der Waals surface area contributed by atoms with Gasteiger partial charge in [-0.1, -0.05) is 28.1 Å². The molecular weight excluding hydrogens is 678 g/mol. The molecule has 1 aromatic carbocycles. The summed E-state index contributed by atoms with van der Waals surface area (Å²) in [7, 11) is -5.07. The number of carbonyl (C=O) groups excluding carboxylic acids is 5. The second-order valence-electron chi connectivity index (χ2n) is 9.93. The van der Waals surface area contributed by atoms with Crippen molar-refractivity contribution < 1.29 is 51.4 Å². The zero-order valence-electron chi connectivity index (χ0n) is 24.3. The maximum atomic E-state index is 13.5. The van der Waals surface area contributed by atoms with E-state index < -0.39 is 74.8 Å². The van der Waals surface area contributed by atoms with Crippen LogP contribution in [0.25, 0.3) is 0 Å². The minimum atomic E-state index is -5.07. The maximum Gasteiger partial charge on any atom is 0.362 e. The molecule has 46 heavy (non-hydrogen) atoms. The van der Waals surface area contributed by atoms with Gasteiger partial charge in [0.15, 0.2) is 10.2 Å². The van der Waals surface area contributed by atoms with Crippen LogP contribution in [-0.4, -0.2) is 86.7 Å². The van der Waals surface area contributed by atoms with Gasteiger partial charge in [0.05, 0.1) is 11.0 Å². The zero-order valence-corrected chi connectivity index (χ0v) is 26.7. The van der Waals surface area contributed by atoms with E-state index in [-0.39, 0.29) is 31.8 Å². The fourth-order valence-electron chi connectivity index (χ4n) is 3.74. The van der Waals surface area contributed by atoms with Crippen LogP contribution in [0.4, 0.5) is 10.7 Å². The van der Waals surface area contributed by atoms with E-state index in [2.05, 4.69) is 26.1 Å². The maximum absolute atomic E-state index is 13.5. The van der Waals surface area contributed by atoms with E-state index in [4.69, 9.17) is 21.2 Å². The number of carbonyl (C=O) groups is 5. The molecule has 0 bridgehead atoms. The van der Waals surface area contributed by atoms with Gasteiger partial charge in [0.2, 0.25) is 17.4 Å². The fraction of sp³-hybridized carbons (Fsp3) is 0.375. The molecule has 0 aliphatic carbocycles. The minimum absolute atomic E-state index is 0.0632. The zero-order chi connectivity index (χ0) is 34.6. The van der Waals surface area contributed by atoms with Gasteiger partial charge >= 0.3 is 16.3 Å². The van der Waals surface area contributed by atoms with E-state index in [1.807, 2.05) is 0 Å². The van der Waals surface area contributed by atoms with Crippen molar-refractivity contribution in [3.63, 3.8) is 0 Å². The monoisotopic (exact) mass is 703 g/mol. The lowest BCUT2D eigenvalue weighted by atomic mass is 9.98. The summed E-state index contributed by atoms with van der Waals surface area (Å²) in [6.45, 7) is 3.94. The van der Waals surface area contributed by atoms with Crippen molar-refractivity contribution in [2.24, 2.45) is 5.16 Å². The van der Waals surface area contributed by atoms with Crippen molar-refractivity contribution >= 4 is 79.2 Å². The molecule has 2 atom stereocenters. The van der Waals surface area contributed by atoms with Crippen LogP contribution in [0, 0.1) is 10.1 Å². The van der Waals surface area contributed by atoms with Crippen molar-refractivity contribution in [3.8, 4) is 0 Å². The average Bonchev–Trinajstić information content (AvgIpc) is 3.30. The molecule has 248 valence electrons. The standard InChI is InChI=1S/C24H26ClN7O12S2/c1-11(33)26-9-15-16(21(36)31(15)46(40,41)42)28-19(35)17(18-20(27-12(2)34)45-23(25)29-18)30-44-24(3,4)22(37)43-10-13-5-7-14(8-6-13)32(38)39/h5-8,15-16H,9-10H2,1-4H3,(H,26,33)(H,27,34)(H,28,35)(H,40,41,42). The van der Waals surface area contributed by atoms with Crippen LogP contribution in [0.3, 0.4) is 0 Å². The lowest BCUT2D eigenvalue weighted by molar-refractivity contribution is -0.384. The summed E-state index contributed by atoms with van der Waals surface area (Å²) in [4.78, 5) is 81.7. The molecule has 2 unspecified atom stereocenters. The van der Waals surface area contributed by atoms with E-state index in [0.717, 1.165) is 25.2 Å². The van der Waals surface area contributed by atoms with Crippen LogP contribution in [0.5, 0.6) is 0 Å². The molecular formula is C24H26ClN7O12S2. The first-order chi connectivity index (χ1) is 21.3. The molecule has 4 N–H and O–H groups in total. The number of rotatable bonds is 13. The molecule has 4 amide bonds. The number of ether oxygens (including phenoxy) is 1. The van der Waals surface area contributed by atoms with Crippen LogP contribution >= 0.6 is 22.9 Å². The molecule has 1 aromatic heterocycles. The molecule has 1 aliphatic rings. The van der Waals surface area contributed by atoms with Crippen molar-refractivity contribution in [1.82, 2.24) is 19.9 Å². The second-order valence-corrected chi connectivity index (χ2v) is 12.8. The van der Waals surface area contributed by atoms with E-state index >= 15 is 0 Å². The van der Waals surface area contributed by atoms with Gasteiger partial charge in [-0.2, -0.15) is 8.42 Å². The smallest absolute Gasteiger partial charge is 0.362 e. The van der Waals surface area contributed by atoms with E-state index in [1.54, 1.807) is 0 Å². The van der Waals surface area contributed by atoms with Gasteiger partial charge in [-0.25, -0.2) is 14.1 Å². The van der Waals surface area contributed by atoms with Crippen molar-refractivity contribution in [1.29, 1.82) is 0 Å². The van der Waals surface area contributed by atoms with Crippen molar-refractivity contribution in [3.05, 3.63) is 50.1 Å². The Balaban J connectivity index is 1.89. The number of nitro benzene ring substituents is 1. The van der Waals surface area contributed by atoms with E-state index in [1.165, 1.54) is 38.1 Å². The average molecular weight is 704 g/mol. The predicted molar refractivity (Wildman–Crippen MR) is 159 cm³/mol. The number of oxime groups is 1. The molecule has 0 radical (unpaired) electrons. The van der Waals surface area contributed by atoms with E-state index in [0.29, 0.717) is 5.56 Å². The largest absolute Gasteiger partial charge is 0.458 e. The highest BCUT2D eigenvalue weighted by atomic mass is 35.5. The first kappa shape index (κ1) is 35.7. The van der Waals surface area contributed by atoms with Gasteiger partial charge in [0.25, 0.3) is 17.5 Å². The molecule has 3 rings (SSSR count).